The molecule has 2 heteroatoms. The average Bonchev–Trinajstić information content (AvgIpc) is 2.63. The van der Waals surface area contributed by atoms with Crippen LogP contribution in [-0.4, -0.2) is 9.97 Å². The molecule has 0 aromatic carbocycles. The predicted octanol–water partition coefficient (Wildman–Crippen LogP) is 1.75. The summed E-state index contributed by atoms with van der Waals surface area (Å²) >= 11 is 0. The van der Waals surface area contributed by atoms with Crippen molar-refractivity contribution in [3.8, 4) is 0 Å². The van der Waals surface area contributed by atoms with Gasteiger partial charge in [-0.3, -0.25) is 0 Å². The van der Waals surface area contributed by atoms with E-state index in [1.54, 1.807) is 6.33 Å². The molecule has 2 rings (SSSR count). The maximum atomic E-state index is 3.96. The van der Waals surface area contributed by atoms with E-state index in [9.17, 15) is 0 Å². The van der Waals surface area contributed by atoms with E-state index in [1.165, 1.54) is 31.4 Å². The Morgan fingerprint density at radius 3 is 3.10 bits per heavy atom. The standard InChI is InChI=1S/C8H12N2/c1-2-7(1)3-4-8-5-9-6-10-8/h5-7H,1-4H2,(H,9,10). The van der Waals surface area contributed by atoms with Gasteiger partial charge in [0.25, 0.3) is 0 Å². The molecule has 1 aliphatic carbocycles. The largest absolute Gasteiger partial charge is 0.348 e. The van der Waals surface area contributed by atoms with Gasteiger partial charge in [-0.1, -0.05) is 12.8 Å². The van der Waals surface area contributed by atoms with Crippen molar-refractivity contribution in [1.82, 2.24) is 9.97 Å². The Morgan fingerprint density at radius 2 is 2.50 bits per heavy atom. The molecule has 0 spiro atoms. The zero-order valence-electron chi connectivity index (χ0n) is 6.01. The second kappa shape index (κ2) is 2.45. The van der Waals surface area contributed by atoms with Crippen LogP contribution in [0.5, 0.6) is 0 Å². The quantitative estimate of drug-likeness (QED) is 0.673. The number of H-pyrrole nitrogens is 1. The first-order valence-electron chi connectivity index (χ1n) is 3.92. The lowest BCUT2D eigenvalue weighted by molar-refractivity contribution is 0.716. The zero-order valence-corrected chi connectivity index (χ0v) is 6.01. The van der Waals surface area contributed by atoms with Crippen molar-refractivity contribution in [3.63, 3.8) is 0 Å². The van der Waals surface area contributed by atoms with Crippen LogP contribution in [0.1, 0.15) is 25.0 Å². The van der Waals surface area contributed by atoms with E-state index < -0.39 is 0 Å². The van der Waals surface area contributed by atoms with Crippen molar-refractivity contribution < 1.29 is 0 Å². The van der Waals surface area contributed by atoms with Crippen molar-refractivity contribution in [2.24, 2.45) is 5.92 Å². The van der Waals surface area contributed by atoms with Crippen LogP contribution in [0.15, 0.2) is 12.5 Å². The number of hydrogen-bond donors (Lipinski definition) is 1. The molecule has 1 saturated carbocycles. The summed E-state index contributed by atoms with van der Waals surface area (Å²) in [7, 11) is 0. The molecule has 1 aliphatic rings. The molecule has 0 bridgehead atoms. The molecule has 0 atom stereocenters. The van der Waals surface area contributed by atoms with Crippen molar-refractivity contribution in [2.75, 3.05) is 0 Å². The van der Waals surface area contributed by atoms with Gasteiger partial charge >= 0.3 is 0 Å². The number of aromatic amines is 1. The highest BCUT2D eigenvalue weighted by molar-refractivity contribution is 4.95. The molecule has 0 unspecified atom stereocenters. The Bertz CT molecular complexity index is 187. The van der Waals surface area contributed by atoms with Gasteiger partial charge in [-0.2, -0.15) is 0 Å². The molecule has 2 nitrogen and oxygen atoms in total. The first kappa shape index (κ1) is 5.96. The minimum Gasteiger partial charge on any atom is -0.348 e. The Labute approximate surface area is 60.7 Å². The molecule has 1 fully saturated rings. The number of imidazole rings is 1. The summed E-state index contributed by atoms with van der Waals surface area (Å²) in [6.45, 7) is 0. The Morgan fingerprint density at radius 1 is 1.60 bits per heavy atom. The SMILES string of the molecule is c1ncc(CCC2CC2)[nH]1. The number of rotatable bonds is 3. The van der Waals surface area contributed by atoms with E-state index in [0.29, 0.717) is 0 Å². The summed E-state index contributed by atoms with van der Waals surface area (Å²) in [5.41, 5.74) is 1.28. The molecule has 1 N–H and O–H groups in total. The van der Waals surface area contributed by atoms with Gasteiger partial charge in [0.15, 0.2) is 0 Å². The van der Waals surface area contributed by atoms with Crippen LogP contribution in [-0.2, 0) is 6.42 Å². The molecule has 0 saturated heterocycles. The highest BCUT2D eigenvalue weighted by Gasteiger charge is 2.20. The molecule has 1 heterocycles. The first-order chi connectivity index (χ1) is 4.95. The van der Waals surface area contributed by atoms with Gasteiger partial charge in [0.2, 0.25) is 0 Å². The number of nitrogens with zero attached hydrogens (tertiary/aromatic N) is 1. The summed E-state index contributed by atoms with van der Waals surface area (Å²) < 4.78 is 0. The van der Waals surface area contributed by atoms with E-state index in [1.807, 2.05) is 6.20 Å². The maximum absolute atomic E-state index is 3.96. The van der Waals surface area contributed by atoms with Crippen molar-refractivity contribution in [1.29, 1.82) is 0 Å². The third kappa shape index (κ3) is 1.38. The van der Waals surface area contributed by atoms with Crippen molar-refractivity contribution >= 4 is 0 Å². The fourth-order valence-corrected chi connectivity index (χ4v) is 1.19. The number of hydrogen-bond acceptors (Lipinski definition) is 1. The summed E-state index contributed by atoms with van der Waals surface area (Å²) in [5, 5.41) is 0. The van der Waals surface area contributed by atoms with E-state index in [-0.39, 0.29) is 0 Å². The van der Waals surface area contributed by atoms with Crippen LogP contribution in [0.4, 0.5) is 0 Å². The fraction of sp³-hybridized carbons (Fsp3) is 0.625. The van der Waals surface area contributed by atoms with E-state index in [2.05, 4.69) is 9.97 Å². The normalized spacial score (nSPS) is 17.6. The Balaban J connectivity index is 1.79. The Hall–Kier alpha value is -0.790. The van der Waals surface area contributed by atoms with Crippen LogP contribution >= 0.6 is 0 Å². The lowest BCUT2D eigenvalue weighted by Gasteiger charge is -1.92. The van der Waals surface area contributed by atoms with E-state index in [0.717, 1.165) is 5.92 Å². The summed E-state index contributed by atoms with van der Waals surface area (Å²) in [4.78, 5) is 7.07. The summed E-state index contributed by atoms with van der Waals surface area (Å²) in [6, 6.07) is 0. The van der Waals surface area contributed by atoms with Crippen LogP contribution < -0.4 is 0 Å². The monoisotopic (exact) mass is 136 g/mol. The molecule has 1 aromatic rings. The van der Waals surface area contributed by atoms with Gasteiger partial charge in [0.05, 0.1) is 6.33 Å². The smallest absolute Gasteiger partial charge is 0.0921 e. The fourth-order valence-electron chi connectivity index (χ4n) is 1.19. The van der Waals surface area contributed by atoms with Gasteiger partial charge in [-0.25, -0.2) is 4.98 Å². The second-order valence-electron chi connectivity index (χ2n) is 3.06. The molecule has 0 aliphatic heterocycles. The van der Waals surface area contributed by atoms with Gasteiger partial charge < -0.3 is 4.98 Å². The highest BCUT2D eigenvalue weighted by Crippen LogP contribution is 2.33. The second-order valence-corrected chi connectivity index (χ2v) is 3.06. The zero-order chi connectivity index (χ0) is 6.81. The minimum atomic E-state index is 1.03. The van der Waals surface area contributed by atoms with Crippen LogP contribution in [0.3, 0.4) is 0 Å². The summed E-state index contributed by atoms with van der Waals surface area (Å²) in [5.74, 6) is 1.03. The molecule has 54 valence electrons. The van der Waals surface area contributed by atoms with Crippen LogP contribution in [0, 0.1) is 5.92 Å². The van der Waals surface area contributed by atoms with Gasteiger partial charge in [-0.05, 0) is 18.8 Å². The van der Waals surface area contributed by atoms with E-state index in [4.69, 9.17) is 0 Å². The highest BCUT2D eigenvalue weighted by atomic mass is 14.9. The topological polar surface area (TPSA) is 28.7 Å². The number of aryl methyl sites for hydroxylation is 1. The number of aromatic nitrogens is 2. The van der Waals surface area contributed by atoms with Gasteiger partial charge in [-0.15, -0.1) is 0 Å². The molecular weight excluding hydrogens is 124 g/mol. The molecule has 0 radical (unpaired) electrons. The molecule has 1 aromatic heterocycles. The Kier molecular flexibility index (Phi) is 1.46. The predicted molar refractivity (Wildman–Crippen MR) is 39.6 cm³/mol. The van der Waals surface area contributed by atoms with Crippen molar-refractivity contribution in [2.45, 2.75) is 25.7 Å². The summed E-state index contributed by atoms with van der Waals surface area (Å²) in [6.07, 6.45) is 9.11. The lowest BCUT2D eigenvalue weighted by atomic mass is 10.2. The average molecular weight is 136 g/mol. The van der Waals surface area contributed by atoms with Gasteiger partial charge in [0.1, 0.15) is 0 Å². The molecule has 0 amide bonds. The van der Waals surface area contributed by atoms with Gasteiger partial charge in [0, 0.05) is 11.9 Å². The third-order valence-corrected chi connectivity index (χ3v) is 2.07. The van der Waals surface area contributed by atoms with Crippen molar-refractivity contribution in [3.05, 3.63) is 18.2 Å². The van der Waals surface area contributed by atoms with E-state index >= 15 is 0 Å². The first-order valence-corrected chi connectivity index (χ1v) is 3.92. The van der Waals surface area contributed by atoms with Crippen LogP contribution in [0.25, 0.3) is 0 Å². The lowest BCUT2D eigenvalue weighted by Crippen LogP contribution is -1.85. The third-order valence-electron chi connectivity index (χ3n) is 2.07. The number of nitrogens with one attached hydrogen (secondary N) is 1. The molecular formula is C8H12N2. The minimum absolute atomic E-state index is 1.03. The van der Waals surface area contributed by atoms with Crippen LogP contribution in [0.2, 0.25) is 0 Å². The maximum Gasteiger partial charge on any atom is 0.0921 e. The molecule has 10 heavy (non-hydrogen) atoms.